The second kappa shape index (κ2) is 5.11. The standard InChI is InChI=1S/C11H8BrNO4S/c12-7-2-1-6(11(16)17)3-8(7)13-9(14)4-18-5-10(13)15/h1-3H,4-5H2,(H,16,17). The number of carbonyl (C=O) groups excluding carboxylic acids is 2. The molecule has 0 unspecified atom stereocenters. The first-order chi connectivity index (χ1) is 8.50. The fraction of sp³-hybridized carbons (Fsp3) is 0.182. The lowest BCUT2D eigenvalue weighted by atomic mass is 10.2. The van der Waals surface area contributed by atoms with Gasteiger partial charge in [-0.2, -0.15) is 0 Å². The van der Waals surface area contributed by atoms with Crippen molar-refractivity contribution in [2.24, 2.45) is 0 Å². The van der Waals surface area contributed by atoms with Crippen LogP contribution < -0.4 is 4.90 Å². The summed E-state index contributed by atoms with van der Waals surface area (Å²) in [7, 11) is 0. The molecule has 1 aromatic rings. The number of anilines is 1. The molecule has 1 fully saturated rings. The Labute approximate surface area is 115 Å². The molecule has 18 heavy (non-hydrogen) atoms. The molecule has 1 heterocycles. The van der Waals surface area contributed by atoms with Crippen LogP contribution in [0.15, 0.2) is 22.7 Å². The molecule has 5 nitrogen and oxygen atoms in total. The molecular weight excluding hydrogens is 322 g/mol. The molecule has 2 amide bonds. The van der Waals surface area contributed by atoms with Crippen molar-refractivity contribution in [2.45, 2.75) is 0 Å². The number of carbonyl (C=O) groups is 3. The summed E-state index contributed by atoms with van der Waals surface area (Å²) < 4.78 is 0.515. The van der Waals surface area contributed by atoms with Gasteiger partial charge in [0.25, 0.3) is 0 Å². The van der Waals surface area contributed by atoms with Crippen LogP contribution in [0, 0.1) is 0 Å². The molecule has 1 aromatic carbocycles. The summed E-state index contributed by atoms with van der Waals surface area (Å²) in [5.41, 5.74) is 0.317. The maximum Gasteiger partial charge on any atom is 0.335 e. The molecule has 0 aliphatic carbocycles. The van der Waals surface area contributed by atoms with Crippen LogP contribution in [0.5, 0.6) is 0 Å². The van der Waals surface area contributed by atoms with Crippen LogP contribution in [0.3, 0.4) is 0 Å². The van der Waals surface area contributed by atoms with Gasteiger partial charge < -0.3 is 5.11 Å². The number of thioether (sulfide) groups is 1. The number of nitrogens with zero attached hydrogens (tertiary/aromatic N) is 1. The van der Waals surface area contributed by atoms with Crippen molar-refractivity contribution in [2.75, 3.05) is 16.4 Å². The van der Waals surface area contributed by atoms with Crippen molar-refractivity contribution < 1.29 is 19.5 Å². The van der Waals surface area contributed by atoms with Crippen molar-refractivity contribution in [3.05, 3.63) is 28.2 Å². The number of hydrogen-bond acceptors (Lipinski definition) is 4. The van der Waals surface area contributed by atoms with E-state index in [1.54, 1.807) is 0 Å². The SMILES string of the molecule is O=C(O)c1ccc(Br)c(N2C(=O)CSCC2=O)c1. The Kier molecular flexibility index (Phi) is 3.72. The van der Waals surface area contributed by atoms with Gasteiger partial charge >= 0.3 is 5.97 Å². The third-order valence-corrected chi connectivity index (χ3v) is 3.96. The van der Waals surface area contributed by atoms with Crippen LogP contribution in [-0.4, -0.2) is 34.4 Å². The van der Waals surface area contributed by atoms with Crippen LogP contribution in [0.4, 0.5) is 5.69 Å². The van der Waals surface area contributed by atoms with E-state index in [1.807, 2.05) is 0 Å². The maximum atomic E-state index is 11.8. The highest BCUT2D eigenvalue weighted by molar-refractivity contribution is 9.10. The fourth-order valence-corrected chi connectivity index (χ4v) is 2.71. The van der Waals surface area contributed by atoms with E-state index in [-0.39, 0.29) is 34.6 Å². The summed E-state index contributed by atoms with van der Waals surface area (Å²) in [6, 6.07) is 4.24. The Balaban J connectivity index is 2.48. The lowest BCUT2D eigenvalue weighted by molar-refractivity contribution is -0.124. The molecule has 0 spiro atoms. The zero-order chi connectivity index (χ0) is 13.3. The molecule has 7 heteroatoms. The molecule has 1 aliphatic heterocycles. The van der Waals surface area contributed by atoms with Gasteiger partial charge in [0.15, 0.2) is 0 Å². The van der Waals surface area contributed by atoms with Crippen LogP contribution in [0.25, 0.3) is 0 Å². The van der Waals surface area contributed by atoms with Crippen molar-refractivity contribution >= 4 is 51.2 Å². The lowest BCUT2D eigenvalue weighted by Gasteiger charge is -2.25. The van der Waals surface area contributed by atoms with Gasteiger partial charge in [0.2, 0.25) is 11.8 Å². The highest BCUT2D eigenvalue weighted by atomic mass is 79.9. The molecule has 1 N–H and O–H groups in total. The molecular formula is C11H8BrNO4S. The summed E-state index contributed by atoms with van der Waals surface area (Å²) in [5, 5.41) is 8.92. The van der Waals surface area contributed by atoms with Crippen LogP contribution in [0.1, 0.15) is 10.4 Å². The minimum Gasteiger partial charge on any atom is -0.478 e. The van der Waals surface area contributed by atoms with E-state index < -0.39 is 5.97 Å². The van der Waals surface area contributed by atoms with Crippen molar-refractivity contribution in [1.29, 1.82) is 0 Å². The Hall–Kier alpha value is -1.34. The molecule has 1 aliphatic rings. The monoisotopic (exact) mass is 329 g/mol. The predicted octanol–water partition coefficient (Wildman–Crippen LogP) is 1.75. The van der Waals surface area contributed by atoms with Gasteiger partial charge in [-0.05, 0) is 34.1 Å². The van der Waals surface area contributed by atoms with E-state index in [2.05, 4.69) is 15.9 Å². The van der Waals surface area contributed by atoms with Gasteiger partial charge in [0.1, 0.15) is 0 Å². The summed E-state index contributed by atoms with van der Waals surface area (Å²) >= 11 is 4.48. The van der Waals surface area contributed by atoms with Gasteiger partial charge in [-0.15, -0.1) is 11.8 Å². The molecule has 0 atom stereocenters. The summed E-state index contributed by atoms with van der Waals surface area (Å²) in [6.07, 6.45) is 0. The number of carboxylic acids is 1. The number of aromatic carboxylic acids is 1. The topological polar surface area (TPSA) is 74.7 Å². The van der Waals surface area contributed by atoms with Crippen LogP contribution in [0.2, 0.25) is 0 Å². The number of amides is 2. The predicted molar refractivity (Wildman–Crippen MR) is 70.9 cm³/mol. The first-order valence-corrected chi connectivity index (χ1v) is 6.92. The number of rotatable bonds is 2. The highest BCUT2D eigenvalue weighted by Crippen LogP contribution is 2.30. The number of imide groups is 1. The zero-order valence-electron chi connectivity index (χ0n) is 9.05. The first-order valence-electron chi connectivity index (χ1n) is 4.97. The second-order valence-electron chi connectivity index (χ2n) is 3.59. The molecule has 0 radical (unpaired) electrons. The quantitative estimate of drug-likeness (QED) is 0.837. The van der Waals surface area contributed by atoms with Crippen molar-refractivity contribution in [3.8, 4) is 0 Å². The highest BCUT2D eigenvalue weighted by Gasteiger charge is 2.29. The third-order valence-electron chi connectivity index (χ3n) is 2.38. The summed E-state index contributed by atoms with van der Waals surface area (Å²) in [4.78, 5) is 35.4. The van der Waals surface area contributed by atoms with Crippen LogP contribution in [-0.2, 0) is 9.59 Å². The van der Waals surface area contributed by atoms with Crippen molar-refractivity contribution in [3.63, 3.8) is 0 Å². The van der Waals surface area contributed by atoms with Gasteiger partial charge in [-0.1, -0.05) is 0 Å². The Morgan fingerprint density at radius 3 is 2.44 bits per heavy atom. The number of benzene rings is 1. The van der Waals surface area contributed by atoms with E-state index in [0.29, 0.717) is 4.47 Å². The largest absolute Gasteiger partial charge is 0.478 e. The van der Waals surface area contributed by atoms with E-state index in [0.717, 1.165) is 4.90 Å². The Bertz CT molecular complexity index is 530. The molecule has 1 saturated heterocycles. The lowest BCUT2D eigenvalue weighted by Crippen LogP contribution is -2.43. The minimum atomic E-state index is -1.10. The zero-order valence-corrected chi connectivity index (χ0v) is 11.5. The smallest absolute Gasteiger partial charge is 0.335 e. The van der Waals surface area contributed by atoms with Crippen molar-refractivity contribution in [1.82, 2.24) is 0 Å². The first kappa shape index (κ1) is 13.1. The second-order valence-corrected chi connectivity index (χ2v) is 5.43. The molecule has 0 bridgehead atoms. The van der Waals surface area contributed by atoms with Gasteiger partial charge in [-0.3, -0.25) is 9.59 Å². The Morgan fingerprint density at radius 1 is 1.28 bits per heavy atom. The summed E-state index contributed by atoms with van der Waals surface area (Å²) in [5.74, 6) is -1.33. The average molecular weight is 330 g/mol. The Morgan fingerprint density at radius 2 is 1.89 bits per heavy atom. The van der Waals surface area contributed by atoms with Crippen LogP contribution >= 0.6 is 27.7 Å². The normalized spacial score (nSPS) is 15.9. The molecule has 0 saturated carbocycles. The summed E-state index contributed by atoms with van der Waals surface area (Å²) in [6.45, 7) is 0. The minimum absolute atomic E-state index is 0.0343. The third kappa shape index (κ3) is 2.41. The average Bonchev–Trinajstić information content (AvgIpc) is 2.30. The number of halogens is 1. The van der Waals surface area contributed by atoms with E-state index in [4.69, 9.17) is 5.11 Å². The maximum absolute atomic E-state index is 11.8. The fourth-order valence-electron chi connectivity index (χ4n) is 1.58. The number of carboxylic acid groups (broad SMARTS) is 1. The molecule has 0 aromatic heterocycles. The van der Waals surface area contributed by atoms with E-state index in [9.17, 15) is 14.4 Å². The van der Waals surface area contributed by atoms with Gasteiger partial charge in [0, 0.05) is 4.47 Å². The molecule has 94 valence electrons. The van der Waals surface area contributed by atoms with Gasteiger partial charge in [0.05, 0.1) is 22.8 Å². The number of hydrogen-bond donors (Lipinski definition) is 1. The van der Waals surface area contributed by atoms with E-state index >= 15 is 0 Å². The molecule has 2 rings (SSSR count). The van der Waals surface area contributed by atoms with E-state index in [1.165, 1.54) is 30.0 Å². The van der Waals surface area contributed by atoms with Gasteiger partial charge in [-0.25, -0.2) is 9.69 Å².